The van der Waals surface area contributed by atoms with Crippen molar-refractivity contribution in [3.8, 4) is 0 Å². The number of morpholine rings is 1. The van der Waals surface area contributed by atoms with E-state index in [1.807, 2.05) is 31.2 Å². The number of aliphatic imine (C=N–C) groups is 1. The Morgan fingerprint density at radius 2 is 2.21 bits per heavy atom. The average molecular weight is 450 g/mol. The fourth-order valence-corrected chi connectivity index (χ4v) is 2.85. The Labute approximate surface area is 162 Å². The van der Waals surface area contributed by atoms with Crippen LogP contribution in [0.4, 0.5) is 0 Å². The molecule has 0 bridgehead atoms. The van der Waals surface area contributed by atoms with Crippen LogP contribution in [0.2, 0.25) is 0 Å². The molecule has 138 valence electrons. The molecule has 0 spiro atoms. The van der Waals surface area contributed by atoms with Gasteiger partial charge in [-0.3, -0.25) is 9.67 Å². The monoisotopic (exact) mass is 450 g/mol. The van der Waals surface area contributed by atoms with Crippen LogP contribution in [0, 0.1) is 0 Å². The number of likely N-dealkylation sites (N-methyl/N-ethyl adjacent to an activating group) is 1. The molecule has 8 heteroatoms. The Bertz CT molecular complexity index is 503. The molecule has 7 nitrogen and oxygen atoms in total. The number of hydrogen-bond donors (Lipinski definition) is 1. The molecular formula is C16H31IN6O. The molecule has 1 N–H and O–H groups in total. The third-order valence-corrected chi connectivity index (χ3v) is 4.28. The van der Waals surface area contributed by atoms with Gasteiger partial charge in [0.15, 0.2) is 5.96 Å². The van der Waals surface area contributed by atoms with Gasteiger partial charge < -0.3 is 19.9 Å². The summed E-state index contributed by atoms with van der Waals surface area (Å²) >= 11 is 0. The van der Waals surface area contributed by atoms with E-state index in [1.54, 1.807) is 0 Å². The van der Waals surface area contributed by atoms with Gasteiger partial charge >= 0.3 is 0 Å². The lowest BCUT2D eigenvalue weighted by atomic mass is 10.1. The molecule has 1 saturated heterocycles. The highest BCUT2D eigenvalue weighted by Gasteiger charge is 2.25. The molecule has 2 rings (SSSR count). The van der Waals surface area contributed by atoms with E-state index < -0.39 is 0 Å². The molecule has 1 aliphatic heterocycles. The van der Waals surface area contributed by atoms with Crippen molar-refractivity contribution in [2.45, 2.75) is 20.0 Å². The molecule has 0 aliphatic carbocycles. The van der Waals surface area contributed by atoms with Crippen LogP contribution in [0.25, 0.3) is 0 Å². The van der Waals surface area contributed by atoms with E-state index >= 15 is 0 Å². The lowest BCUT2D eigenvalue weighted by Crippen LogP contribution is -2.49. The zero-order chi connectivity index (χ0) is 16.7. The number of aromatic nitrogens is 2. The SMILES string of the molecule is CCN(CC)CCNC(=NC)N1CCOC(c2cnn(C)c2)C1.I. The van der Waals surface area contributed by atoms with Crippen molar-refractivity contribution in [1.82, 2.24) is 24.9 Å². The Balaban J connectivity index is 0.00000288. The van der Waals surface area contributed by atoms with Crippen molar-refractivity contribution < 1.29 is 4.74 Å². The molecule has 1 aliphatic rings. The highest BCUT2D eigenvalue weighted by Crippen LogP contribution is 2.21. The summed E-state index contributed by atoms with van der Waals surface area (Å²) in [6.07, 6.45) is 3.95. The van der Waals surface area contributed by atoms with Gasteiger partial charge in [0.2, 0.25) is 0 Å². The number of aryl methyl sites for hydroxylation is 1. The molecule has 1 atom stereocenters. The summed E-state index contributed by atoms with van der Waals surface area (Å²) in [5, 5.41) is 7.71. The predicted octanol–water partition coefficient (Wildman–Crippen LogP) is 1.33. The molecule has 1 aromatic rings. The average Bonchev–Trinajstić information content (AvgIpc) is 3.02. The van der Waals surface area contributed by atoms with Crippen LogP contribution >= 0.6 is 24.0 Å². The summed E-state index contributed by atoms with van der Waals surface area (Å²) in [5.41, 5.74) is 1.12. The molecule has 1 unspecified atom stereocenters. The van der Waals surface area contributed by atoms with Gasteiger partial charge in [0.25, 0.3) is 0 Å². The van der Waals surface area contributed by atoms with Crippen molar-refractivity contribution in [3.05, 3.63) is 18.0 Å². The maximum Gasteiger partial charge on any atom is 0.193 e. The van der Waals surface area contributed by atoms with Crippen molar-refractivity contribution >= 4 is 29.9 Å². The van der Waals surface area contributed by atoms with E-state index in [0.29, 0.717) is 6.61 Å². The summed E-state index contributed by atoms with van der Waals surface area (Å²) in [5.74, 6) is 0.953. The fraction of sp³-hybridized carbons (Fsp3) is 0.750. The number of nitrogens with zero attached hydrogens (tertiary/aromatic N) is 5. The number of halogens is 1. The summed E-state index contributed by atoms with van der Waals surface area (Å²) in [4.78, 5) is 9.10. The maximum atomic E-state index is 5.89. The quantitative estimate of drug-likeness (QED) is 0.403. The van der Waals surface area contributed by atoms with E-state index in [2.05, 4.69) is 39.1 Å². The largest absolute Gasteiger partial charge is 0.370 e. The van der Waals surface area contributed by atoms with E-state index in [4.69, 9.17) is 4.74 Å². The molecule has 1 fully saturated rings. The van der Waals surface area contributed by atoms with Crippen LogP contribution in [0.15, 0.2) is 17.4 Å². The molecular weight excluding hydrogens is 419 g/mol. The molecule has 0 radical (unpaired) electrons. The van der Waals surface area contributed by atoms with Crippen molar-refractivity contribution in [2.24, 2.45) is 12.0 Å². The van der Waals surface area contributed by atoms with Crippen molar-refractivity contribution in [2.75, 3.05) is 52.9 Å². The Hall–Kier alpha value is -0.870. The summed E-state index contributed by atoms with van der Waals surface area (Å²) in [6, 6.07) is 0. The molecule has 2 heterocycles. The molecule has 0 amide bonds. The van der Waals surface area contributed by atoms with Crippen molar-refractivity contribution in [3.63, 3.8) is 0 Å². The highest BCUT2D eigenvalue weighted by atomic mass is 127. The second kappa shape index (κ2) is 10.9. The number of nitrogens with one attached hydrogen (secondary N) is 1. The van der Waals surface area contributed by atoms with E-state index in [1.165, 1.54) is 0 Å². The maximum absolute atomic E-state index is 5.89. The van der Waals surface area contributed by atoms with Gasteiger partial charge in [0, 0.05) is 45.5 Å². The first-order chi connectivity index (χ1) is 11.2. The normalized spacial score (nSPS) is 18.6. The first-order valence-electron chi connectivity index (χ1n) is 8.46. The van der Waals surface area contributed by atoms with Crippen LogP contribution in [0.5, 0.6) is 0 Å². The van der Waals surface area contributed by atoms with E-state index in [9.17, 15) is 0 Å². The lowest BCUT2D eigenvalue weighted by Gasteiger charge is -2.35. The minimum Gasteiger partial charge on any atom is -0.370 e. The van der Waals surface area contributed by atoms with Gasteiger partial charge in [0.1, 0.15) is 6.10 Å². The van der Waals surface area contributed by atoms with Crippen LogP contribution in [0.1, 0.15) is 25.5 Å². The minimum atomic E-state index is 0. The number of guanidine groups is 1. The lowest BCUT2D eigenvalue weighted by molar-refractivity contribution is -0.00804. The van der Waals surface area contributed by atoms with Gasteiger partial charge in [-0.15, -0.1) is 24.0 Å². The number of ether oxygens (including phenoxy) is 1. The first-order valence-corrected chi connectivity index (χ1v) is 8.46. The Kier molecular flexibility index (Phi) is 9.60. The zero-order valence-electron chi connectivity index (χ0n) is 15.2. The van der Waals surface area contributed by atoms with E-state index in [0.717, 1.165) is 50.8 Å². The summed E-state index contributed by atoms with van der Waals surface area (Å²) in [7, 11) is 3.77. The van der Waals surface area contributed by atoms with Crippen LogP contribution in [-0.2, 0) is 11.8 Å². The highest BCUT2D eigenvalue weighted by molar-refractivity contribution is 14.0. The summed E-state index contributed by atoms with van der Waals surface area (Å²) in [6.45, 7) is 10.9. The second-order valence-corrected chi connectivity index (χ2v) is 5.75. The third kappa shape index (κ3) is 5.89. The topological polar surface area (TPSA) is 57.9 Å². The van der Waals surface area contributed by atoms with Gasteiger partial charge in [-0.2, -0.15) is 5.10 Å². The smallest absolute Gasteiger partial charge is 0.193 e. The number of hydrogen-bond acceptors (Lipinski definition) is 4. The van der Waals surface area contributed by atoms with Crippen LogP contribution in [-0.4, -0.2) is 78.5 Å². The minimum absolute atomic E-state index is 0. The fourth-order valence-electron chi connectivity index (χ4n) is 2.85. The standard InChI is InChI=1S/C16H30N6O.HI/c1-5-21(6-2)8-7-18-16(17-3)22-9-10-23-15(13-22)14-11-19-20(4)12-14;/h11-12,15H,5-10,13H2,1-4H3,(H,17,18);1H. The van der Waals surface area contributed by atoms with E-state index in [-0.39, 0.29) is 30.1 Å². The van der Waals surface area contributed by atoms with Gasteiger partial charge in [-0.1, -0.05) is 13.8 Å². The second-order valence-electron chi connectivity index (χ2n) is 5.75. The number of rotatable bonds is 6. The molecule has 24 heavy (non-hydrogen) atoms. The molecule has 0 aromatic carbocycles. The molecule has 0 saturated carbocycles. The Morgan fingerprint density at radius 1 is 1.46 bits per heavy atom. The zero-order valence-corrected chi connectivity index (χ0v) is 17.6. The van der Waals surface area contributed by atoms with Crippen molar-refractivity contribution in [1.29, 1.82) is 0 Å². The van der Waals surface area contributed by atoms with Gasteiger partial charge in [-0.25, -0.2) is 0 Å². The van der Waals surface area contributed by atoms with Gasteiger partial charge in [-0.05, 0) is 13.1 Å². The summed E-state index contributed by atoms with van der Waals surface area (Å²) < 4.78 is 7.71. The third-order valence-electron chi connectivity index (χ3n) is 4.28. The first kappa shape index (κ1) is 21.2. The van der Waals surface area contributed by atoms with Gasteiger partial charge in [0.05, 0.1) is 19.3 Å². The Morgan fingerprint density at radius 3 is 2.79 bits per heavy atom. The predicted molar refractivity (Wildman–Crippen MR) is 108 cm³/mol. The van der Waals surface area contributed by atoms with Crippen LogP contribution in [0.3, 0.4) is 0 Å². The van der Waals surface area contributed by atoms with Crippen LogP contribution < -0.4 is 5.32 Å². The molecule has 1 aromatic heterocycles.